The molecule has 0 N–H and O–H groups in total. The van der Waals surface area contributed by atoms with E-state index in [9.17, 15) is 10.1 Å². The van der Waals surface area contributed by atoms with Crippen molar-refractivity contribution < 1.29 is 4.92 Å². The number of aryl methyl sites for hydroxylation is 2. The van der Waals surface area contributed by atoms with Gasteiger partial charge in [0.25, 0.3) is 5.69 Å². The van der Waals surface area contributed by atoms with Crippen LogP contribution in [-0.2, 0) is 0 Å². The topological polar surface area (TPSA) is 61.0 Å². The van der Waals surface area contributed by atoms with Crippen molar-refractivity contribution in [2.75, 3.05) is 0 Å². The van der Waals surface area contributed by atoms with Crippen molar-refractivity contribution in [2.24, 2.45) is 0 Å². The number of rotatable bonds is 4. The summed E-state index contributed by atoms with van der Waals surface area (Å²) in [6.45, 7) is 4.13. The molecular weight excluding hydrogens is 350 g/mol. The van der Waals surface area contributed by atoms with Crippen molar-refractivity contribution in [3.05, 3.63) is 100 Å². The molecule has 28 heavy (non-hydrogen) atoms. The van der Waals surface area contributed by atoms with Crippen LogP contribution >= 0.6 is 0 Å². The molecule has 0 fully saturated rings. The number of nitro groups is 1. The van der Waals surface area contributed by atoms with Crippen LogP contribution in [0.25, 0.3) is 28.2 Å². The Balaban J connectivity index is 1.67. The molecule has 5 heteroatoms. The Bertz CT molecular complexity index is 1140. The fourth-order valence-corrected chi connectivity index (χ4v) is 3.37. The van der Waals surface area contributed by atoms with Gasteiger partial charge in [0.05, 0.1) is 10.6 Å². The van der Waals surface area contributed by atoms with Crippen LogP contribution in [-0.4, -0.2) is 14.5 Å². The van der Waals surface area contributed by atoms with Gasteiger partial charge in [0.2, 0.25) is 0 Å². The zero-order chi connectivity index (χ0) is 19.7. The number of hydrogen-bond acceptors (Lipinski definition) is 3. The molecule has 0 atom stereocenters. The number of benzene rings is 2. The summed E-state index contributed by atoms with van der Waals surface area (Å²) in [5, 5.41) is 11.0. The third-order valence-corrected chi connectivity index (χ3v) is 4.81. The summed E-state index contributed by atoms with van der Waals surface area (Å²) in [6.07, 6.45) is 0. The maximum absolute atomic E-state index is 11.0. The fraction of sp³-hybridized carbons (Fsp3) is 0.0870. The smallest absolute Gasteiger partial charge is 0.270 e. The summed E-state index contributed by atoms with van der Waals surface area (Å²) >= 11 is 0. The summed E-state index contributed by atoms with van der Waals surface area (Å²) in [6, 6.07) is 24.7. The molecule has 2 aromatic carbocycles. The molecule has 0 spiro atoms. The number of nitro benzene ring substituents is 1. The molecule has 0 unspecified atom stereocenters. The Labute approximate surface area is 163 Å². The van der Waals surface area contributed by atoms with E-state index in [0.717, 1.165) is 39.6 Å². The lowest BCUT2D eigenvalue weighted by atomic mass is 10.0. The first-order chi connectivity index (χ1) is 13.5. The highest BCUT2D eigenvalue weighted by atomic mass is 16.6. The number of aromatic nitrogens is 2. The van der Waals surface area contributed by atoms with E-state index in [2.05, 4.69) is 30.5 Å². The van der Waals surface area contributed by atoms with E-state index in [1.54, 1.807) is 12.1 Å². The molecule has 0 saturated heterocycles. The fourth-order valence-electron chi connectivity index (χ4n) is 3.37. The average molecular weight is 369 g/mol. The van der Waals surface area contributed by atoms with E-state index in [-0.39, 0.29) is 10.6 Å². The molecule has 5 nitrogen and oxygen atoms in total. The zero-order valence-corrected chi connectivity index (χ0v) is 15.7. The first kappa shape index (κ1) is 17.7. The normalized spacial score (nSPS) is 10.8. The molecule has 0 radical (unpaired) electrons. The van der Waals surface area contributed by atoms with Gasteiger partial charge in [-0.3, -0.25) is 10.1 Å². The molecule has 4 aromatic rings. The summed E-state index contributed by atoms with van der Waals surface area (Å²) in [5.41, 5.74) is 6.01. The van der Waals surface area contributed by atoms with Gasteiger partial charge < -0.3 is 4.57 Å². The zero-order valence-electron chi connectivity index (χ0n) is 15.7. The SMILES string of the molecule is Cc1ccc(C)n1-c1cccc(-c2ccc(-c3cccc([N+](=O)[O-])c3)cc2)n1. The Morgan fingerprint density at radius 1 is 0.786 bits per heavy atom. The number of non-ortho nitro benzene ring substituents is 1. The van der Waals surface area contributed by atoms with Crippen LogP contribution in [0.1, 0.15) is 11.4 Å². The molecule has 4 rings (SSSR count). The quantitative estimate of drug-likeness (QED) is 0.341. The van der Waals surface area contributed by atoms with Gasteiger partial charge in [0.1, 0.15) is 5.82 Å². The lowest BCUT2D eigenvalue weighted by Gasteiger charge is -2.10. The van der Waals surface area contributed by atoms with Crippen molar-refractivity contribution in [3.8, 4) is 28.2 Å². The third kappa shape index (κ3) is 3.30. The predicted molar refractivity (Wildman–Crippen MR) is 111 cm³/mol. The van der Waals surface area contributed by atoms with Gasteiger partial charge in [0.15, 0.2) is 0 Å². The van der Waals surface area contributed by atoms with E-state index in [1.165, 1.54) is 6.07 Å². The first-order valence-corrected chi connectivity index (χ1v) is 9.00. The second-order valence-corrected chi connectivity index (χ2v) is 6.72. The lowest BCUT2D eigenvalue weighted by Crippen LogP contribution is -2.02. The van der Waals surface area contributed by atoms with Crippen LogP contribution in [0.3, 0.4) is 0 Å². The van der Waals surface area contributed by atoms with E-state index >= 15 is 0 Å². The summed E-state index contributed by atoms with van der Waals surface area (Å²) in [5.74, 6) is 0.889. The van der Waals surface area contributed by atoms with Gasteiger partial charge in [-0.05, 0) is 49.2 Å². The number of nitrogens with zero attached hydrogens (tertiary/aromatic N) is 3. The molecule has 0 aliphatic rings. The van der Waals surface area contributed by atoms with Crippen molar-refractivity contribution in [3.63, 3.8) is 0 Å². The Morgan fingerprint density at radius 3 is 2.11 bits per heavy atom. The van der Waals surface area contributed by atoms with Gasteiger partial charge in [0, 0.05) is 29.1 Å². The number of pyridine rings is 1. The Morgan fingerprint density at radius 2 is 1.43 bits per heavy atom. The highest BCUT2D eigenvalue weighted by molar-refractivity contribution is 5.70. The molecule has 138 valence electrons. The van der Waals surface area contributed by atoms with Crippen LogP contribution < -0.4 is 0 Å². The number of hydrogen-bond donors (Lipinski definition) is 0. The van der Waals surface area contributed by atoms with Crippen molar-refractivity contribution in [2.45, 2.75) is 13.8 Å². The van der Waals surface area contributed by atoms with Gasteiger partial charge in [-0.2, -0.15) is 0 Å². The molecule has 2 aromatic heterocycles. The monoisotopic (exact) mass is 369 g/mol. The summed E-state index contributed by atoms with van der Waals surface area (Å²) in [7, 11) is 0. The minimum atomic E-state index is -0.376. The molecule has 0 aliphatic heterocycles. The highest BCUT2D eigenvalue weighted by Crippen LogP contribution is 2.27. The summed E-state index contributed by atoms with van der Waals surface area (Å²) < 4.78 is 2.13. The van der Waals surface area contributed by atoms with E-state index in [4.69, 9.17) is 4.98 Å². The summed E-state index contributed by atoms with van der Waals surface area (Å²) in [4.78, 5) is 15.4. The molecule has 0 bridgehead atoms. The minimum Gasteiger partial charge on any atom is -0.303 e. The maximum atomic E-state index is 11.0. The molecule has 0 amide bonds. The molecular formula is C23H19N3O2. The highest BCUT2D eigenvalue weighted by Gasteiger charge is 2.09. The third-order valence-electron chi connectivity index (χ3n) is 4.81. The molecule has 0 saturated carbocycles. The van der Waals surface area contributed by atoms with Crippen LogP contribution in [0.5, 0.6) is 0 Å². The van der Waals surface area contributed by atoms with Gasteiger partial charge in [-0.1, -0.05) is 42.5 Å². The van der Waals surface area contributed by atoms with Crippen LogP contribution in [0.4, 0.5) is 5.69 Å². The molecule has 2 heterocycles. The van der Waals surface area contributed by atoms with E-state index < -0.39 is 0 Å². The second-order valence-electron chi connectivity index (χ2n) is 6.72. The van der Waals surface area contributed by atoms with Crippen LogP contribution in [0, 0.1) is 24.0 Å². The van der Waals surface area contributed by atoms with E-state index in [1.807, 2.05) is 48.5 Å². The van der Waals surface area contributed by atoms with Crippen molar-refractivity contribution >= 4 is 5.69 Å². The van der Waals surface area contributed by atoms with Gasteiger partial charge in [-0.15, -0.1) is 0 Å². The van der Waals surface area contributed by atoms with Crippen molar-refractivity contribution in [1.82, 2.24) is 9.55 Å². The average Bonchev–Trinajstić information content (AvgIpc) is 3.06. The lowest BCUT2D eigenvalue weighted by molar-refractivity contribution is -0.384. The van der Waals surface area contributed by atoms with Crippen molar-refractivity contribution in [1.29, 1.82) is 0 Å². The van der Waals surface area contributed by atoms with Gasteiger partial charge >= 0.3 is 0 Å². The van der Waals surface area contributed by atoms with Crippen LogP contribution in [0.2, 0.25) is 0 Å². The first-order valence-electron chi connectivity index (χ1n) is 9.00. The maximum Gasteiger partial charge on any atom is 0.270 e. The predicted octanol–water partition coefficient (Wildman–Crippen LogP) is 5.73. The van der Waals surface area contributed by atoms with Gasteiger partial charge in [-0.25, -0.2) is 4.98 Å². The standard InChI is InChI=1S/C23H19N3O2/c1-16-9-10-17(2)25(16)23-8-4-7-22(24-23)19-13-11-18(12-14-19)20-5-3-6-21(15-20)26(27)28/h3-15H,1-2H3. The Hall–Kier alpha value is -3.73. The minimum absolute atomic E-state index is 0.0911. The van der Waals surface area contributed by atoms with Crippen LogP contribution in [0.15, 0.2) is 78.9 Å². The second kappa shape index (κ2) is 7.12. The largest absolute Gasteiger partial charge is 0.303 e. The molecule has 0 aliphatic carbocycles. The Kier molecular flexibility index (Phi) is 4.49. The van der Waals surface area contributed by atoms with E-state index in [0.29, 0.717) is 0 Å².